The summed E-state index contributed by atoms with van der Waals surface area (Å²) in [5.74, 6) is 0. The Kier molecular flexibility index (Phi) is 13700. The monoisotopic (exact) mass is 1080 g/mol. The van der Waals surface area contributed by atoms with Crippen molar-refractivity contribution in [3.05, 3.63) is 0 Å². The number of rotatable bonds is 0. The van der Waals surface area contributed by atoms with Gasteiger partial charge in [0.15, 0.2) is 0 Å². The molecule has 0 radical (unpaired) electrons. The van der Waals surface area contributed by atoms with Gasteiger partial charge in [0, 0.05) is 0 Å². The summed E-state index contributed by atoms with van der Waals surface area (Å²) in [7, 11) is 0. The topological polar surface area (TPSA) is 0 Å². The van der Waals surface area contributed by atoms with Gasteiger partial charge in [-0.3, -0.25) is 0 Å². The fourth-order valence-electron chi connectivity index (χ4n) is 0. The van der Waals surface area contributed by atoms with Crippen LogP contribution in [-0.4, -0.2) is 1700 Å². The first-order valence-corrected chi connectivity index (χ1v) is 0. The third kappa shape index (κ3) is 1140. The molecule has 0 amide bonds. The van der Waals surface area contributed by atoms with Crippen LogP contribution < -0.4 is 0 Å². The maximum absolute atomic E-state index is 0. The summed E-state index contributed by atoms with van der Waals surface area (Å²) in [6, 6.07) is 0. The van der Waals surface area contributed by atoms with Crippen molar-refractivity contribution in [1.82, 2.24) is 0 Å². The predicted octanol–water partition coefficient (Wildman–Crippen LogP) is -54.1. The molecule has 0 unspecified atom stereocenters. The number of halogens is 10. The van der Waals surface area contributed by atoms with Gasteiger partial charge in [-0.15, -0.1) is 124 Å². The molecular weight excluding hydrogens is 979 g/mol. The Bertz CT molecular complexity index is 46.9. The molecule has 0 spiro atoms. The van der Waals surface area contributed by atoms with Crippen molar-refractivity contribution in [2.75, 3.05) is 0 Å². The molecule has 260 valence electrons. The van der Waals surface area contributed by atoms with Crippen molar-refractivity contribution in [3.63, 3.8) is 0 Å². The Morgan fingerprint density at radius 3 is 0.0200 bits per heavy atom. The molecule has 0 bridgehead atoms. The van der Waals surface area contributed by atoms with Crippen LogP contribution in [0, 0.1) is 0 Å². The zero-order valence-electron chi connectivity index (χ0n) is 4.08. The summed E-state index contributed by atoms with van der Waals surface area (Å²) < 4.78 is 0. The Balaban J connectivity index is 0. The van der Waals surface area contributed by atoms with Gasteiger partial charge in [0.1, 0.15) is 0 Å². The van der Waals surface area contributed by atoms with Gasteiger partial charge in [-0.1, -0.05) is 0 Å². The molecule has 0 fully saturated rings. The van der Waals surface area contributed by atoms with E-state index in [1.54, 1.807) is 0 Å². The van der Waals surface area contributed by atoms with Gasteiger partial charge < -0.3 is 0 Å². The molecule has 0 saturated carbocycles. The van der Waals surface area contributed by atoms with Crippen molar-refractivity contribution in [1.29, 1.82) is 0 Å². The first-order chi connectivity index (χ1) is 0. The molecule has 0 saturated heterocycles. The summed E-state index contributed by atoms with van der Waals surface area (Å²) in [4.78, 5) is 0. The third-order valence-electron chi connectivity index (χ3n) is 0. The van der Waals surface area contributed by atoms with E-state index < -0.39 is 0 Å². The van der Waals surface area contributed by atoms with Crippen LogP contribution in [0.15, 0.2) is 0 Å². The molecule has 0 aliphatic heterocycles. The molecule has 0 heterocycles. The van der Waals surface area contributed by atoms with E-state index in [9.17, 15) is 0 Å². The minimum absolute atomic E-state index is 0. The predicted molar refractivity (Wildman–Crippen MR) is 716 cm³/mol. The summed E-state index contributed by atoms with van der Waals surface area (Å²) in [6.07, 6.45) is 0. The van der Waals surface area contributed by atoms with E-state index >= 15 is 0 Å². The molecule has 0 aromatic heterocycles. The van der Waals surface area contributed by atoms with Crippen molar-refractivity contribution in [2.24, 2.45) is 0 Å². The molecule has 0 atom stereocenters. The summed E-state index contributed by atoms with van der Waals surface area (Å²) >= 11 is 0. The third-order valence-corrected chi connectivity index (χ3v) is 0. The van der Waals surface area contributed by atoms with E-state index in [1.165, 1.54) is 0 Å². The molecule has 0 aliphatic rings. The molecule has 100 heteroatoms. The average Bonchev–Trinajstić information content (AvgIpc) is 0. The van der Waals surface area contributed by atoms with Gasteiger partial charge in [0.2, 0.25) is 0 Å². The fraction of sp³-hybridized carbons (Fsp3) is 0. The van der Waals surface area contributed by atoms with Crippen molar-refractivity contribution in [3.8, 4) is 0 Å². The van der Waals surface area contributed by atoms with Gasteiger partial charge >= 0.3 is 1700 Å². The molecular formula is H100Cl10Li90. The van der Waals surface area contributed by atoms with E-state index in [0.717, 1.165) is 0 Å². The molecule has 0 aromatic carbocycles. The second kappa shape index (κ2) is 1160. The van der Waals surface area contributed by atoms with E-state index in [0.29, 0.717) is 0 Å². The van der Waals surface area contributed by atoms with Crippen LogP contribution in [0.25, 0.3) is 0 Å². The van der Waals surface area contributed by atoms with E-state index in [-0.39, 0.29) is 1820 Å². The Labute approximate surface area is 1770 Å². The zero-order chi connectivity index (χ0) is 0. The van der Waals surface area contributed by atoms with Crippen LogP contribution >= 0.6 is 124 Å². The fourth-order valence-corrected chi connectivity index (χ4v) is 0. The summed E-state index contributed by atoms with van der Waals surface area (Å²) in [5.41, 5.74) is 0. The van der Waals surface area contributed by atoms with Crippen molar-refractivity contribution >= 4 is 1820 Å². The molecule has 0 rings (SSSR count). The van der Waals surface area contributed by atoms with Crippen LogP contribution in [0.5, 0.6) is 0 Å². The average molecular weight is 1080 g/mol. The van der Waals surface area contributed by atoms with Gasteiger partial charge in [0.05, 0.1) is 0 Å². The summed E-state index contributed by atoms with van der Waals surface area (Å²) in [6.45, 7) is 0. The van der Waals surface area contributed by atoms with Crippen LogP contribution in [0.1, 0.15) is 0 Å². The van der Waals surface area contributed by atoms with Gasteiger partial charge in [-0.05, 0) is 0 Å². The van der Waals surface area contributed by atoms with E-state index in [2.05, 4.69) is 0 Å². The normalized spacial score (nSPS) is 0. The SMILES string of the molecule is Cl.Cl.Cl.Cl.Cl.Cl.Cl.Cl.Cl.Cl.[LiH].[LiH].[LiH].[LiH].[LiH].[LiH].[LiH].[LiH].[LiH].[LiH].[LiH].[LiH].[LiH].[LiH].[LiH].[LiH].[LiH].[LiH].[LiH].[LiH].[LiH].[LiH].[LiH].[LiH].[LiH].[LiH].[LiH].[LiH].[LiH].[LiH].[LiH].[LiH].[LiH].[LiH].[LiH].[LiH].[LiH].[LiH].[LiH].[LiH].[LiH].[LiH].[LiH].[LiH].[LiH].[LiH].[LiH].[LiH].[LiH].[LiH].[LiH].[LiH].[LiH].[LiH].[LiH].[LiH].[LiH].[LiH].[LiH].[LiH].[LiH].[LiH].[LiH].[LiH].[LiH].[LiH].[LiH].[LiH].[LiH].[LiH].[LiH].[LiH].[LiH].[LiH].[LiH].[LiH].[LiH].[LiH].[LiH].[LiH].[LiH].[LiH].[LiH].[LiH].[LiH].[LiH].[LiH].[LiH].[LiH].[LiH]. The standard InChI is InChI=1S/10ClH.90Li.90H/h10*1H;;;;;;;;;;;;;;;;;;;;;;;;;;;;;;;;;;;;;;;;;;;;;;;;;;;;;;;;;;;;;;;;;;;;;;;;;;;;;;;;;;;;;;;;;;;;;;;;;;;;;;;;;;;;;;;;;;;;;;;;;;;;;;;;;;;;;;;;;;;;;;;;;;;;;;;;;;;;;;;;;;;;;;;;;;;;;;;;;;;;. The second-order valence-corrected chi connectivity index (χ2v) is 0. The first-order valence-electron chi connectivity index (χ1n) is 0. The van der Waals surface area contributed by atoms with Gasteiger partial charge in [0.25, 0.3) is 0 Å². The molecule has 0 aromatic rings. The van der Waals surface area contributed by atoms with Crippen LogP contribution in [0.2, 0.25) is 0 Å². The molecule has 0 nitrogen and oxygen atoms in total. The van der Waals surface area contributed by atoms with Crippen LogP contribution in [-0.2, 0) is 0 Å². The van der Waals surface area contributed by atoms with Crippen molar-refractivity contribution < 1.29 is 0 Å². The molecule has 100 heavy (non-hydrogen) atoms. The number of hydrogen-bond donors (Lipinski definition) is 0. The van der Waals surface area contributed by atoms with E-state index in [4.69, 9.17) is 0 Å². The van der Waals surface area contributed by atoms with Crippen molar-refractivity contribution in [2.45, 2.75) is 0 Å². The minimum atomic E-state index is 0. The van der Waals surface area contributed by atoms with E-state index in [1.807, 2.05) is 0 Å². The zero-order valence-corrected chi connectivity index (χ0v) is 12.2. The van der Waals surface area contributed by atoms with Gasteiger partial charge in [-0.2, -0.15) is 0 Å². The Morgan fingerprint density at radius 1 is 0.0200 bits per heavy atom. The van der Waals surface area contributed by atoms with Gasteiger partial charge in [-0.25, -0.2) is 0 Å². The van der Waals surface area contributed by atoms with Crippen LogP contribution in [0.3, 0.4) is 0 Å². The quantitative estimate of drug-likeness (QED) is 0.212. The Hall–Kier alpha value is 56.7. The summed E-state index contributed by atoms with van der Waals surface area (Å²) in [5, 5.41) is 0. The van der Waals surface area contributed by atoms with Crippen LogP contribution in [0.4, 0.5) is 0 Å². The maximum atomic E-state index is 0. The second-order valence-electron chi connectivity index (χ2n) is 0. The number of hydrogen-bond acceptors (Lipinski definition) is 0. The first kappa shape index (κ1) is 1180. The Morgan fingerprint density at radius 2 is 0.0200 bits per heavy atom. The molecule has 0 N–H and O–H groups in total. The molecule has 0 aliphatic carbocycles.